The molecule has 22 heavy (non-hydrogen) atoms. The highest BCUT2D eigenvalue weighted by Gasteiger charge is 2.45. The van der Waals surface area contributed by atoms with Crippen molar-refractivity contribution in [2.45, 2.75) is 18.5 Å². The average molecular weight is 293 g/mol. The van der Waals surface area contributed by atoms with Crippen LogP contribution in [0.4, 0.5) is 10.5 Å². The highest BCUT2D eigenvalue weighted by molar-refractivity contribution is 5.98. The second-order valence-corrected chi connectivity index (χ2v) is 5.92. The Morgan fingerprint density at radius 2 is 1.91 bits per heavy atom. The van der Waals surface area contributed by atoms with Gasteiger partial charge in [0.1, 0.15) is 0 Å². The van der Waals surface area contributed by atoms with Gasteiger partial charge < -0.3 is 14.9 Å². The lowest BCUT2D eigenvalue weighted by molar-refractivity contribution is 0.137. The molecule has 2 fully saturated rings. The van der Waals surface area contributed by atoms with Crippen molar-refractivity contribution in [1.29, 1.82) is 5.26 Å². The summed E-state index contributed by atoms with van der Waals surface area (Å²) in [5.41, 5.74) is 1.78. The van der Waals surface area contributed by atoms with Gasteiger partial charge >= 0.3 is 6.09 Å². The Balaban J connectivity index is 1.76. The Kier molecular flexibility index (Phi) is 2.73. The van der Waals surface area contributed by atoms with Gasteiger partial charge in [-0.1, -0.05) is 24.3 Å². The van der Waals surface area contributed by atoms with E-state index in [-0.39, 0.29) is 12.1 Å². The molecule has 0 unspecified atom stereocenters. The van der Waals surface area contributed by atoms with Crippen molar-refractivity contribution in [3.8, 4) is 6.07 Å². The van der Waals surface area contributed by atoms with Gasteiger partial charge in [0, 0.05) is 35.6 Å². The maximum Gasteiger partial charge on any atom is 0.407 e. The van der Waals surface area contributed by atoms with Crippen molar-refractivity contribution < 1.29 is 9.90 Å². The minimum Gasteiger partial charge on any atom is -0.465 e. The molecule has 2 aromatic rings. The van der Waals surface area contributed by atoms with Crippen LogP contribution in [0.15, 0.2) is 36.4 Å². The van der Waals surface area contributed by atoms with Crippen molar-refractivity contribution in [3.63, 3.8) is 0 Å². The molecular weight excluding hydrogens is 278 g/mol. The molecule has 5 nitrogen and oxygen atoms in total. The molecular formula is C17H15N3O2. The molecule has 2 bridgehead atoms. The maximum absolute atomic E-state index is 11.2. The molecule has 0 aromatic heterocycles. The number of hydrogen-bond acceptors (Lipinski definition) is 3. The number of likely N-dealkylation sites (tertiary alicyclic amines) is 1. The third kappa shape index (κ3) is 1.74. The summed E-state index contributed by atoms with van der Waals surface area (Å²) < 4.78 is 0. The maximum atomic E-state index is 11.2. The van der Waals surface area contributed by atoms with Crippen LogP contribution in [0.5, 0.6) is 0 Å². The second kappa shape index (κ2) is 4.63. The molecule has 0 aliphatic carbocycles. The Bertz CT molecular complexity index is 811. The normalized spacial score (nSPS) is 23.0. The van der Waals surface area contributed by atoms with Gasteiger partial charge in [-0.3, -0.25) is 0 Å². The smallest absolute Gasteiger partial charge is 0.407 e. The molecule has 0 spiro atoms. The summed E-state index contributed by atoms with van der Waals surface area (Å²) in [7, 11) is 0. The van der Waals surface area contributed by atoms with Crippen LogP contribution in [0.25, 0.3) is 10.8 Å². The van der Waals surface area contributed by atoms with Gasteiger partial charge in [-0.15, -0.1) is 0 Å². The first kappa shape index (κ1) is 13.0. The number of anilines is 1. The van der Waals surface area contributed by atoms with Gasteiger partial charge in [-0.2, -0.15) is 5.26 Å². The minimum absolute atomic E-state index is 0.0805. The molecule has 2 aliphatic rings. The number of nitriles is 1. The molecule has 1 N–H and O–H groups in total. The van der Waals surface area contributed by atoms with Crippen molar-refractivity contribution in [3.05, 3.63) is 42.0 Å². The molecule has 2 atom stereocenters. The molecule has 110 valence electrons. The van der Waals surface area contributed by atoms with E-state index in [1.165, 1.54) is 0 Å². The van der Waals surface area contributed by atoms with Crippen LogP contribution in [0.2, 0.25) is 0 Å². The number of fused-ring (bicyclic) bond motifs is 3. The van der Waals surface area contributed by atoms with E-state index >= 15 is 0 Å². The van der Waals surface area contributed by atoms with Gasteiger partial charge in [0.15, 0.2) is 0 Å². The Morgan fingerprint density at radius 1 is 1.14 bits per heavy atom. The quantitative estimate of drug-likeness (QED) is 0.877. The Hall–Kier alpha value is -2.74. The number of piperazine rings is 1. The highest BCUT2D eigenvalue weighted by Crippen LogP contribution is 2.38. The number of nitrogens with zero attached hydrogens (tertiary/aromatic N) is 3. The van der Waals surface area contributed by atoms with E-state index < -0.39 is 6.09 Å². The van der Waals surface area contributed by atoms with Crippen LogP contribution in [0, 0.1) is 11.3 Å². The summed E-state index contributed by atoms with van der Waals surface area (Å²) >= 11 is 0. The molecule has 2 aromatic carbocycles. The minimum atomic E-state index is -0.822. The summed E-state index contributed by atoms with van der Waals surface area (Å²) in [6.07, 6.45) is 0.0671. The van der Waals surface area contributed by atoms with E-state index in [2.05, 4.69) is 11.0 Å². The Morgan fingerprint density at radius 3 is 2.55 bits per heavy atom. The van der Waals surface area contributed by atoms with E-state index in [0.717, 1.165) is 29.4 Å². The summed E-state index contributed by atoms with van der Waals surface area (Å²) in [6, 6.07) is 14.3. The lowest BCUT2D eigenvalue weighted by atomic mass is 10.0. The number of hydrogen-bond donors (Lipinski definition) is 1. The number of carbonyl (C=O) groups is 1. The van der Waals surface area contributed by atoms with E-state index in [1.54, 1.807) is 4.90 Å². The standard InChI is InChI=1S/C17H15N3O2/c18-8-11-5-6-16(15-4-2-1-3-14(11)15)19-9-13-7-12(19)10-20(13)17(21)22/h1-6,12-13H,7,9-10H2,(H,21,22)/t12-,13-/m0/s1. The van der Waals surface area contributed by atoms with Crippen molar-refractivity contribution in [2.24, 2.45) is 0 Å². The SMILES string of the molecule is N#Cc1ccc(N2C[C@@H]3C[C@H]2CN3C(=O)O)c2ccccc12. The second-order valence-electron chi connectivity index (χ2n) is 5.92. The molecule has 5 heteroatoms. The van der Waals surface area contributed by atoms with Crippen LogP contribution in [0.1, 0.15) is 12.0 Å². The molecule has 0 radical (unpaired) electrons. The number of amides is 1. The average Bonchev–Trinajstić information content (AvgIpc) is 3.14. The first-order chi connectivity index (χ1) is 10.7. The van der Waals surface area contributed by atoms with Crippen molar-refractivity contribution in [2.75, 3.05) is 18.0 Å². The van der Waals surface area contributed by atoms with Gasteiger partial charge in [-0.25, -0.2) is 4.79 Å². The largest absolute Gasteiger partial charge is 0.465 e. The zero-order chi connectivity index (χ0) is 15.3. The number of rotatable bonds is 1. The monoisotopic (exact) mass is 293 g/mol. The van der Waals surface area contributed by atoms with Crippen molar-refractivity contribution in [1.82, 2.24) is 4.90 Å². The zero-order valence-electron chi connectivity index (χ0n) is 11.9. The third-order valence-corrected chi connectivity index (χ3v) is 4.82. The lowest BCUT2D eigenvalue weighted by Crippen LogP contribution is -2.48. The summed E-state index contributed by atoms with van der Waals surface area (Å²) in [5, 5.41) is 20.5. The summed E-state index contributed by atoms with van der Waals surface area (Å²) in [6.45, 7) is 1.29. The third-order valence-electron chi connectivity index (χ3n) is 4.82. The van der Waals surface area contributed by atoms with E-state index in [9.17, 15) is 15.2 Å². The van der Waals surface area contributed by atoms with Crippen LogP contribution >= 0.6 is 0 Å². The number of carboxylic acid groups (broad SMARTS) is 1. The molecule has 1 amide bonds. The van der Waals surface area contributed by atoms with Crippen LogP contribution in [-0.4, -0.2) is 41.3 Å². The van der Waals surface area contributed by atoms with Crippen molar-refractivity contribution >= 4 is 22.6 Å². The predicted molar refractivity (Wildman–Crippen MR) is 82.9 cm³/mol. The Labute approximate surface area is 128 Å². The molecule has 2 heterocycles. The molecule has 2 aliphatic heterocycles. The van der Waals surface area contributed by atoms with E-state index in [1.807, 2.05) is 36.4 Å². The topological polar surface area (TPSA) is 67.6 Å². The van der Waals surface area contributed by atoms with Gasteiger partial charge in [0.05, 0.1) is 17.7 Å². The fourth-order valence-electron chi connectivity index (χ4n) is 3.83. The summed E-state index contributed by atoms with van der Waals surface area (Å²) in [4.78, 5) is 15.0. The highest BCUT2D eigenvalue weighted by atomic mass is 16.4. The first-order valence-corrected chi connectivity index (χ1v) is 7.37. The summed E-state index contributed by atoms with van der Waals surface area (Å²) in [5.74, 6) is 0. The van der Waals surface area contributed by atoms with Crippen LogP contribution < -0.4 is 4.90 Å². The zero-order valence-corrected chi connectivity index (χ0v) is 11.9. The number of benzene rings is 2. The van der Waals surface area contributed by atoms with E-state index in [4.69, 9.17) is 0 Å². The van der Waals surface area contributed by atoms with Gasteiger partial charge in [0.2, 0.25) is 0 Å². The van der Waals surface area contributed by atoms with Crippen LogP contribution in [-0.2, 0) is 0 Å². The fraction of sp³-hybridized carbons (Fsp3) is 0.294. The van der Waals surface area contributed by atoms with Crippen LogP contribution in [0.3, 0.4) is 0 Å². The molecule has 0 saturated carbocycles. The first-order valence-electron chi connectivity index (χ1n) is 7.37. The molecule has 4 rings (SSSR count). The van der Waals surface area contributed by atoms with Gasteiger partial charge in [-0.05, 0) is 18.6 Å². The molecule has 2 saturated heterocycles. The lowest BCUT2D eigenvalue weighted by Gasteiger charge is -2.34. The predicted octanol–water partition coefficient (Wildman–Crippen LogP) is 2.65. The fourth-order valence-corrected chi connectivity index (χ4v) is 3.83. The van der Waals surface area contributed by atoms with E-state index in [0.29, 0.717) is 12.1 Å². The van der Waals surface area contributed by atoms with Gasteiger partial charge in [0.25, 0.3) is 0 Å².